The normalized spacial score (nSPS) is 15.7. The fourth-order valence-corrected chi connectivity index (χ4v) is 4.90. The fourth-order valence-electron chi connectivity index (χ4n) is 4.49. The van der Waals surface area contributed by atoms with Crippen molar-refractivity contribution in [3.8, 4) is 0 Å². The van der Waals surface area contributed by atoms with Gasteiger partial charge in [-0.05, 0) is 77.2 Å². The number of amides is 1. The van der Waals surface area contributed by atoms with Crippen LogP contribution in [0.4, 0.5) is 0 Å². The first-order chi connectivity index (χ1) is 14.8. The van der Waals surface area contributed by atoms with Gasteiger partial charge in [-0.1, -0.05) is 12.1 Å². The molecule has 31 heavy (non-hydrogen) atoms. The Kier molecular flexibility index (Phi) is 6.04. The minimum Gasteiger partial charge on any atom is -0.345 e. The summed E-state index contributed by atoms with van der Waals surface area (Å²) in [4.78, 5) is 20.9. The average molecular weight is 481 g/mol. The van der Waals surface area contributed by atoms with Crippen molar-refractivity contribution < 1.29 is 4.79 Å². The van der Waals surface area contributed by atoms with E-state index in [2.05, 4.69) is 69.5 Å². The summed E-state index contributed by atoms with van der Waals surface area (Å²) in [6.45, 7) is 6.28. The molecule has 3 aromatic rings. The Hall–Kier alpha value is -2.44. The van der Waals surface area contributed by atoms with Gasteiger partial charge in [0.25, 0.3) is 5.91 Å². The zero-order valence-electron chi connectivity index (χ0n) is 18.8. The smallest absolute Gasteiger partial charge is 0.253 e. The summed E-state index contributed by atoms with van der Waals surface area (Å²) in [7, 11) is 5.67. The van der Waals surface area contributed by atoms with Crippen molar-refractivity contribution in [1.82, 2.24) is 19.4 Å². The number of rotatable bonds is 4. The highest BCUT2D eigenvalue weighted by Crippen LogP contribution is 2.33. The molecular weight excluding hydrogens is 452 g/mol. The lowest BCUT2D eigenvalue weighted by molar-refractivity contribution is 0.0827. The fraction of sp³-hybridized carbons (Fsp3) is 0.360. The van der Waals surface area contributed by atoms with E-state index in [-0.39, 0.29) is 5.91 Å². The molecule has 0 saturated heterocycles. The number of nitrogens with zero attached hydrogens (tertiary/aromatic N) is 4. The molecule has 5 nitrogen and oxygen atoms in total. The molecule has 1 aliphatic rings. The van der Waals surface area contributed by atoms with Gasteiger partial charge in [0.2, 0.25) is 0 Å². The molecule has 1 amide bonds. The van der Waals surface area contributed by atoms with Gasteiger partial charge in [-0.25, -0.2) is 4.98 Å². The standard InChI is InChI=1S/C25H29BrN4O/c1-16-14-19(25(31)28(3)4)6-7-20(16)18-9-12-30(13-10-18)17(2)23-15-21-22(26)8-11-27-24(21)29(23)5/h6-9,11,14-15,17H,10,12-13H2,1-5H3. The molecule has 1 aliphatic heterocycles. The lowest BCUT2D eigenvalue weighted by Gasteiger charge is -2.32. The van der Waals surface area contributed by atoms with Gasteiger partial charge in [0, 0.05) is 67.6 Å². The zero-order chi connectivity index (χ0) is 22.3. The number of hydrogen-bond acceptors (Lipinski definition) is 3. The third-order valence-electron chi connectivity index (χ3n) is 6.35. The maximum Gasteiger partial charge on any atom is 0.253 e. The van der Waals surface area contributed by atoms with Gasteiger partial charge in [0.15, 0.2) is 0 Å². The first-order valence-corrected chi connectivity index (χ1v) is 11.4. The van der Waals surface area contributed by atoms with Crippen molar-refractivity contribution in [3.63, 3.8) is 0 Å². The van der Waals surface area contributed by atoms with Crippen molar-refractivity contribution in [2.24, 2.45) is 7.05 Å². The highest BCUT2D eigenvalue weighted by atomic mass is 79.9. The molecule has 0 aliphatic carbocycles. The number of aromatic nitrogens is 2. The van der Waals surface area contributed by atoms with Gasteiger partial charge in [-0.3, -0.25) is 9.69 Å². The summed E-state index contributed by atoms with van der Waals surface area (Å²) in [6.07, 6.45) is 5.18. The Morgan fingerprint density at radius 3 is 2.61 bits per heavy atom. The third-order valence-corrected chi connectivity index (χ3v) is 7.05. The van der Waals surface area contributed by atoms with E-state index >= 15 is 0 Å². The first kappa shape index (κ1) is 21.8. The summed E-state index contributed by atoms with van der Waals surface area (Å²) in [5.74, 6) is 0.0448. The summed E-state index contributed by atoms with van der Waals surface area (Å²) >= 11 is 3.65. The molecule has 1 aromatic carbocycles. The number of carbonyl (C=O) groups is 1. The van der Waals surface area contributed by atoms with E-state index in [1.807, 2.05) is 24.4 Å². The summed E-state index contributed by atoms with van der Waals surface area (Å²) in [5, 5.41) is 1.16. The maximum absolute atomic E-state index is 12.2. The van der Waals surface area contributed by atoms with Crippen molar-refractivity contribution in [1.29, 1.82) is 0 Å². The lowest BCUT2D eigenvalue weighted by Crippen LogP contribution is -2.32. The molecule has 0 radical (unpaired) electrons. The van der Waals surface area contributed by atoms with Crippen molar-refractivity contribution >= 4 is 38.4 Å². The van der Waals surface area contributed by atoms with Crippen LogP contribution in [0.15, 0.2) is 47.1 Å². The van der Waals surface area contributed by atoms with Gasteiger partial charge in [0.1, 0.15) is 5.65 Å². The Balaban J connectivity index is 1.54. The molecule has 1 atom stereocenters. The van der Waals surface area contributed by atoms with Crippen LogP contribution >= 0.6 is 15.9 Å². The van der Waals surface area contributed by atoms with E-state index in [1.165, 1.54) is 16.8 Å². The molecular formula is C25H29BrN4O. The molecule has 0 spiro atoms. The minimum absolute atomic E-state index is 0.0448. The molecule has 3 heterocycles. The number of halogens is 1. The van der Waals surface area contributed by atoms with Gasteiger partial charge < -0.3 is 9.47 Å². The van der Waals surface area contributed by atoms with Crippen LogP contribution in [-0.2, 0) is 7.05 Å². The number of fused-ring (bicyclic) bond motifs is 1. The first-order valence-electron chi connectivity index (χ1n) is 10.6. The van der Waals surface area contributed by atoms with Crippen LogP contribution in [0.3, 0.4) is 0 Å². The minimum atomic E-state index is 0.0448. The monoisotopic (exact) mass is 480 g/mol. The zero-order valence-corrected chi connectivity index (χ0v) is 20.4. The van der Waals surface area contributed by atoms with Crippen LogP contribution in [0.2, 0.25) is 0 Å². The van der Waals surface area contributed by atoms with E-state index in [0.29, 0.717) is 6.04 Å². The molecule has 0 fully saturated rings. The predicted molar refractivity (Wildman–Crippen MR) is 130 cm³/mol. The van der Waals surface area contributed by atoms with Crippen LogP contribution in [0.5, 0.6) is 0 Å². The highest BCUT2D eigenvalue weighted by molar-refractivity contribution is 9.10. The molecule has 0 saturated carbocycles. The van der Waals surface area contributed by atoms with Crippen LogP contribution in [0, 0.1) is 6.92 Å². The number of carbonyl (C=O) groups excluding carboxylic acids is 1. The molecule has 4 rings (SSSR count). The second kappa shape index (κ2) is 8.60. The van der Waals surface area contributed by atoms with Gasteiger partial charge in [-0.2, -0.15) is 0 Å². The topological polar surface area (TPSA) is 41.4 Å². The number of benzene rings is 1. The van der Waals surface area contributed by atoms with E-state index in [0.717, 1.165) is 46.1 Å². The van der Waals surface area contributed by atoms with Crippen LogP contribution in [0.1, 0.15) is 46.6 Å². The SMILES string of the molecule is Cc1cc(C(=O)N(C)C)ccc1C1=CCN(C(C)c2cc3c(Br)ccnc3n2C)CC1. The predicted octanol–water partition coefficient (Wildman–Crippen LogP) is 5.20. The van der Waals surface area contributed by atoms with Crippen molar-refractivity contribution in [2.45, 2.75) is 26.3 Å². The maximum atomic E-state index is 12.2. The quantitative estimate of drug-likeness (QED) is 0.515. The number of pyridine rings is 1. The van der Waals surface area contributed by atoms with E-state index in [4.69, 9.17) is 0 Å². The Morgan fingerprint density at radius 1 is 1.23 bits per heavy atom. The summed E-state index contributed by atoms with van der Waals surface area (Å²) in [6, 6.07) is 10.6. The Bertz CT molecular complexity index is 1180. The molecule has 2 aromatic heterocycles. The van der Waals surface area contributed by atoms with Gasteiger partial charge in [-0.15, -0.1) is 0 Å². The largest absolute Gasteiger partial charge is 0.345 e. The highest BCUT2D eigenvalue weighted by Gasteiger charge is 2.23. The van der Waals surface area contributed by atoms with Crippen molar-refractivity contribution in [3.05, 3.63) is 69.5 Å². The van der Waals surface area contributed by atoms with E-state index < -0.39 is 0 Å². The van der Waals surface area contributed by atoms with E-state index in [1.54, 1.807) is 19.0 Å². The molecule has 0 bridgehead atoms. The molecule has 162 valence electrons. The number of aryl methyl sites for hydroxylation is 2. The Labute approximate surface area is 192 Å². The van der Waals surface area contributed by atoms with Gasteiger partial charge in [0.05, 0.1) is 0 Å². The third kappa shape index (κ3) is 4.06. The molecule has 0 N–H and O–H groups in total. The number of hydrogen-bond donors (Lipinski definition) is 0. The van der Waals surface area contributed by atoms with Crippen LogP contribution in [-0.4, -0.2) is 52.4 Å². The lowest BCUT2D eigenvalue weighted by atomic mass is 9.93. The Morgan fingerprint density at radius 2 is 2.00 bits per heavy atom. The van der Waals surface area contributed by atoms with Crippen LogP contribution < -0.4 is 0 Å². The van der Waals surface area contributed by atoms with E-state index in [9.17, 15) is 4.79 Å². The van der Waals surface area contributed by atoms with Crippen LogP contribution in [0.25, 0.3) is 16.6 Å². The molecule has 1 unspecified atom stereocenters. The molecule has 6 heteroatoms. The summed E-state index contributed by atoms with van der Waals surface area (Å²) in [5.41, 5.74) is 6.80. The average Bonchev–Trinajstić information content (AvgIpc) is 3.10. The van der Waals surface area contributed by atoms with Gasteiger partial charge >= 0.3 is 0 Å². The second-order valence-corrected chi connectivity index (χ2v) is 9.39. The van der Waals surface area contributed by atoms with Crippen molar-refractivity contribution in [2.75, 3.05) is 27.2 Å². The second-order valence-electron chi connectivity index (χ2n) is 8.54. The summed E-state index contributed by atoms with van der Waals surface area (Å²) < 4.78 is 3.29.